The van der Waals surface area contributed by atoms with Gasteiger partial charge in [-0.15, -0.1) is 15.3 Å². The van der Waals surface area contributed by atoms with Crippen molar-refractivity contribution in [3.63, 3.8) is 0 Å². The third kappa shape index (κ3) is 5.14. The Labute approximate surface area is 101 Å². The van der Waals surface area contributed by atoms with E-state index in [4.69, 9.17) is 0 Å². The molecule has 0 aliphatic heterocycles. The summed E-state index contributed by atoms with van der Waals surface area (Å²) >= 11 is 0. The molecular formula is C9H20N8. The number of hydrogen-bond acceptors (Lipinski definition) is 6. The minimum absolute atomic E-state index is 0. The SMILES string of the molecule is C.CC(C)c1nn[nH]n1.CC(C)n1cnnn1. The van der Waals surface area contributed by atoms with E-state index in [2.05, 4.69) is 36.1 Å². The highest BCUT2D eigenvalue weighted by Crippen LogP contribution is 2.03. The van der Waals surface area contributed by atoms with Crippen molar-refractivity contribution in [3.8, 4) is 0 Å². The molecule has 17 heavy (non-hydrogen) atoms. The minimum Gasteiger partial charge on any atom is -0.230 e. The zero-order valence-electron chi connectivity index (χ0n) is 9.86. The lowest BCUT2D eigenvalue weighted by Gasteiger charge is -1.98. The van der Waals surface area contributed by atoms with Gasteiger partial charge in [0.15, 0.2) is 5.82 Å². The quantitative estimate of drug-likeness (QED) is 0.847. The fourth-order valence-electron chi connectivity index (χ4n) is 0.819. The molecule has 0 saturated carbocycles. The molecule has 2 aromatic rings. The largest absolute Gasteiger partial charge is 0.230 e. The average molecular weight is 240 g/mol. The topological polar surface area (TPSA) is 98.1 Å². The van der Waals surface area contributed by atoms with Gasteiger partial charge in [0.1, 0.15) is 6.33 Å². The summed E-state index contributed by atoms with van der Waals surface area (Å²) in [6.07, 6.45) is 1.60. The van der Waals surface area contributed by atoms with E-state index in [-0.39, 0.29) is 7.43 Å². The van der Waals surface area contributed by atoms with E-state index in [1.165, 1.54) is 0 Å². The van der Waals surface area contributed by atoms with Crippen LogP contribution in [0.1, 0.15) is 52.9 Å². The zero-order valence-corrected chi connectivity index (χ0v) is 9.86. The molecule has 2 aromatic heterocycles. The summed E-state index contributed by atoms with van der Waals surface area (Å²) in [6, 6.07) is 0.366. The number of aromatic amines is 1. The van der Waals surface area contributed by atoms with E-state index in [0.29, 0.717) is 12.0 Å². The molecule has 0 unspecified atom stereocenters. The monoisotopic (exact) mass is 240 g/mol. The number of nitrogens with one attached hydrogen (secondary N) is 1. The van der Waals surface area contributed by atoms with Gasteiger partial charge in [-0.1, -0.05) is 26.5 Å². The van der Waals surface area contributed by atoms with Crippen molar-refractivity contribution in [3.05, 3.63) is 12.2 Å². The van der Waals surface area contributed by atoms with Gasteiger partial charge in [0.2, 0.25) is 0 Å². The van der Waals surface area contributed by atoms with Crippen molar-refractivity contribution in [2.75, 3.05) is 0 Å². The van der Waals surface area contributed by atoms with E-state index in [1.54, 1.807) is 11.0 Å². The molecule has 0 spiro atoms. The van der Waals surface area contributed by atoms with Crippen molar-refractivity contribution >= 4 is 0 Å². The molecular weight excluding hydrogens is 220 g/mol. The first kappa shape index (κ1) is 15.1. The highest BCUT2D eigenvalue weighted by molar-refractivity contribution is 4.83. The zero-order chi connectivity index (χ0) is 12.0. The minimum atomic E-state index is 0. The van der Waals surface area contributed by atoms with Gasteiger partial charge < -0.3 is 0 Å². The van der Waals surface area contributed by atoms with Gasteiger partial charge in [-0.05, 0) is 24.3 Å². The van der Waals surface area contributed by atoms with Crippen LogP contribution in [0.15, 0.2) is 6.33 Å². The predicted molar refractivity (Wildman–Crippen MR) is 63.2 cm³/mol. The maximum absolute atomic E-state index is 3.77. The van der Waals surface area contributed by atoms with Crippen LogP contribution in [0.4, 0.5) is 0 Å². The van der Waals surface area contributed by atoms with Gasteiger partial charge in [-0.3, -0.25) is 0 Å². The fraction of sp³-hybridized carbons (Fsp3) is 0.778. The van der Waals surface area contributed by atoms with Crippen LogP contribution in [0.2, 0.25) is 0 Å². The first-order valence-corrected chi connectivity index (χ1v) is 5.07. The number of aromatic nitrogens is 8. The lowest BCUT2D eigenvalue weighted by molar-refractivity contribution is 0.514. The number of hydrogen-bond donors (Lipinski definition) is 1. The van der Waals surface area contributed by atoms with Crippen LogP contribution in [0, 0.1) is 0 Å². The average Bonchev–Trinajstić information content (AvgIpc) is 2.93. The Morgan fingerprint density at radius 3 is 2.18 bits per heavy atom. The van der Waals surface area contributed by atoms with Gasteiger partial charge in [-0.25, -0.2) is 4.68 Å². The van der Waals surface area contributed by atoms with Gasteiger partial charge in [0.25, 0.3) is 0 Å². The molecule has 0 atom stereocenters. The second-order valence-corrected chi connectivity index (χ2v) is 3.81. The van der Waals surface area contributed by atoms with Crippen LogP contribution in [0.3, 0.4) is 0 Å². The molecule has 2 heterocycles. The molecule has 0 amide bonds. The van der Waals surface area contributed by atoms with Gasteiger partial charge in [0.05, 0.1) is 0 Å². The second-order valence-electron chi connectivity index (χ2n) is 3.81. The molecule has 0 aliphatic rings. The standard InChI is InChI=1S/2C4H8N4.CH4/c1-4(2)8-3-5-6-7-8;1-3(2)4-5-7-8-6-4;/h3-4H,1-2H3;3H,1-2H3,(H,5,6,7,8);1H4. The molecule has 0 aliphatic carbocycles. The first-order chi connectivity index (χ1) is 7.61. The van der Waals surface area contributed by atoms with Crippen molar-refractivity contribution in [1.82, 2.24) is 40.8 Å². The second kappa shape index (κ2) is 7.42. The van der Waals surface area contributed by atoms with Crippen LogP contribution >= 0.6 is 0 Å². The Bertz CT molecular complexity index is 325. The molecule has 0 bridgehead atoms. The Morgan fingerprint density at radius 1 is 1.24 bits per heavy atom. The summed E-state index contributed by atoms with van der Waals surface area (Å²) in [4.78, 5) is 0. The Morgan fingerprint density at radius 2 is 1.94 bits per heavy atom. The highest BCUT2D eigenvalue weighted by Gasteiger charge is 2.00. The predicted octanol–water partition coefficient (Wildman–Crippen LogP) is 1.21. The molecule has 0 saturated heterocycles. The molecule has 8 heteroatoms. The van der Waals surface area contributed by atoms with E-state index in [0.717, 1.165) is 5.82 Å². The molecule has 0 aromatic carbocycles. The summed E-state index contributed by atoms with van der Waals surface area (Å²) in [5, 5.41) is 23.9. The van der Waals surface area contributed by atoms with Crippen molar-refractivity contribution in [2.45, 2.75) is 47.1 Å². The van der Waals surface area contributed by atoms with Crippen LogP contribution in [0.5, 0.6) is 0 Å². The maximum Gasteiger partial charge on any atom is 0.177 e. The summed E-state index contributed by atoms with van der Waals surface area (Å²) in [7, 11) is 0. The van der Waals surface area contributed by atoms with Crippen LogP contribution in [-0.2, 0) is 0 Å². The highest BCUT2D eigenvalue weighted by atomic mass is 15.5. The summed E-state index contributed by atoms with van der Waals surface area (Å²) < 4.78 is 1.69. The van der Waals surface area contributed by atoms with E-state index < -0.39 is 0 Å². The number of rotatable bonds is 2. The molecule has 8 nitrogen and oxygen atoms in total. The van der Waals surface area contributed by atoms with Crippen LogP contribution < -0.4 is 0 Å². The lowest BCUT2D eigenvalue weighted by Crippen LogP contribution is -2.00. The normalized spacial score (nSPS) is 9.76. The van der Waals surface area contributed by atoms with Crippen molar-refractivity contribution in [2.24, 2.45) is 0 Å². The van der Waals surface area contributed by atoms with Crippen molar-refractivity contribution in [1.29, 1.82) is 0 Å². The maximum atomic E-state index is 3.77. The Kier molecular flexibility index (Phi) is 6.61. The number of tetrazole rings is 2. The smallest absolute Gasteiger partial charge is 0.177 e. The van der Waals surface area contributed by atoms with E-state index in [9.17, 15) is 0 Å². The van der Waals surface area contributed by atoms with E-state index >= 15 is 0 Å². The van der Waals surface area contributed by atoms with Crippen LogP contribution in [0.25, 0.3) is 0 Å². The summed E-state index contributed by atoms with van der Waals surface area (Å²) in [6.45, 7) is 8.09. The first-order valence-electron chi connectivity index (χ1n) is 5.07. The summed E-state index contributed by atoms with van der Waals surface area (Å²) in [5.74, 6) is 1.14. The Hall–Kier alpha value is -1.86. The third-order valence-electron chi connectivity index (χ3n) is 1.77. The molecule has 1 N–H and O–H groups in total. The fourth-order valence-corrected chi connectivity index (χ4v) is 0.819. The molecule has 96 valence electrons. The van der Waals surface area contributed by atoms with Crippen LogP contribution in [-0.4, -0.2) is 40.8 Å². The third-order valence-corrected chi connectivity index (χ3v) is 1.77. The van der Waals surface area contributed by atoms with Gasteiger partial charge >= 0.3 is 0 Å². The van der Waals surface area contributed by atoms with Gasteiger partial charge in [0, 0.05) is 12.0 Å². The number of nitrogens with zero attached hydrogens (tertiary/aromatic N) is 7. The summed E-state index contributed by atoms with van der Waals surface area (Å²) in [5.41, 5.74) is 0. The van der Waals surface area contributed by atoms with E-state index in [1.807, 2.05) is 27.7 Å². The Balaban J connectivity index is 0.000000284. The number of H-pyrrole nitrogens is 1. The molecule has 0 fully saturated rings. The molecule has 2 rings (SSSR count). The van der Waals surface area contributed by atoms with Gasteiger partial charge in [-0.2, -0.15) is 5.21 Å². The molecule has 0 radical (unpaired) electrons. The lowest BCUT2D eigenvalue weighted by atomic mass is 10.2. The van der Waals surface area contributed by atoms with Crippen molar-refractivity contribution < 1.29 is 0 Å².